The minimum absolute atomic E-state index is 0.206. The van der Waals surface area contributed by atoms with Crippen LogP contribution in [0.5, 0.6) is 0 Å². The van der Waals surface area contributed by atoms with Crippen LogP contribution in [-0.2, 0) is 9.59 Å². The van der Waals surface area contributed by atoms with Gasteiger partial charge in [-0.3, -0.25) is 9.59 Å². The third-order valence-corrected chi connectivity index (χ3v) is 3.15. The lowest BCUT2D eigenvalue weighted by Crippen LogP contribution is -2.33. The summed E-state index contributed by atoms with van der Waals surface area (Å²) in [7, 11) is 1.74. The monoisotopic (exact) mass is 267 g/mol. The van der Waals surface area contributed by atoms with E-state index in [2.05, 4.69) is 4.99 Å². The fourth-order valence-electron chi connectivity index (χ4n) is 2.16. The summed E-state index contributed by atoms with van der Waals surface area (Å²) in [5.74, 6) is -0.168. The number of imide groups is 1. The zero-order valence-corrected chi connectivity index (χ0v) is 11.0. The summed E-state index contributed by atoms with van der Waals surface area (Å²) in [4.78, 5) is 30.7. The van der Waals surface area contributed by atoms with Crippen molar-refractivity contribution < 1.29 is 9.59 Å². The molecule has 2 aliphatic rings. The van der Waals surface area contributed by atoms with Crippen LogP contribution in [-0.4, -0.2) is 41.2 Å². The normalized spacial score (nSPS) is 20.2. The number of guanidine groups is 1. The summed E-state index contributed by atoms with van der Waals surface area (Å²) in [6, 6.07) is 9.76. The highest BCUT2D eigenvalue weighted by atomic mass is 16.2. The summed E-state index contributed by atoms with van der Waals surface area (Å²) < 4.78 is 0. The van der Waals surface area contributed by atoms with Crippen LogP contribution in [0.4, 0.5) is 0 Å². The van der Waals surface area contributed by atoms with E-state index in [4.69, 9.17) is 0 Å². The number of allylic oxidation sites excluding steroid dienone is 2. The lowest BCUT2D eigenvalue weighted by molar-refractivity contribution is -0.134. The predicted molar refractivity (Wildman–Crippen MR) is 75.5 cm³/mol. The van der Waals surface area contributed by atoms with Crippen molar-refractivity contribution >= 4 is 23.8 Å². The number of nitrogens with zero attached hydrogens (tertiary/aromatic N) is 3. The molecule has 1 aromatic rings. The molecular formula is C15H13N3O2. The van der Waals surface area contributed by atoms with Gasteiger partial charge in [-0.2, -0.15) is 0 Å². The first-order valence-corrected chi connectivity index (χ1v) is 6.27. The molecular weight excluding hydrogens is 254 g/mol. The van der Waals surface area contributed by atoms with E-state index in [9.17, 15) is 9.59 Å². The Kier molecular flexibility index (Phi) is 2.95. The minimum Gasteiger partial charge on any atom is -0.335 e. The maximum Gasteiger partial charge on any atom is 0.286 e. The van der Waals surface area contributed by atoms with Crippen molar-refractivity contribution in [2.45, 2.75) is 0 Å². The predicted octanol–water partition coefficient (Wildman–Crippen LogP) is 1.25. The Bertz CT molecular complexity index is 659. The molecule has 0 bridgehead atoms. The lowest BCUT2D eigenvalue weighted by atomic mass is 10.2. The topological polar surface area (TPSA) is 53.0 Å². The number of carbonyl (C=O) groups is 2. The van der Waals surface area contributed by atoms with Gasteiger partial charge in [0, 0.05) is 7.05 Å². The van der Waals surface area contributed by atoms with Crippen LogP contribution >= 0.6 is 0 Å². The van der Waals surface area contributed by atoms with Crippen LogP contribution in [0.25, 0.3) is 6.08 Å². The summed E-state index contributed by atoms with van der Waals surface area (Å²) >= 11 is 0. The van der Waals surface area contributed by atoms with Crippen molar-refractivity contribution in [3.63, 3.8) is 0 Å². The van der Waals surface area contributed by atoms with Gasteiger partial charge >= 0.3 is 0 Å². The van der Waals surface area contributed by atoms with E-state index in [1.165, 1.54) is 0 Å². The Morgan fingerprint density at radius 3 is 2.65 bits per heavy atom. The molecule has 100 valence electrons. The second kappa shape index (κ2) is 4.77. The van der Waals surface area contributed by atoms with Crippen molar-refractivity contribution in [2.24, 2.45) is 4.99 Å². The number of aliphatic imine (C=N–C) groups is 1. The molecule has 5 heteroatoms. The molecule has 2 heterocycles. The second-order valence-electron chi connectivity index (χ2n) is 4.62. The van der Waals surface area contributed by atoms with Crippen molar-refractivity contribution in [1.82, 2.24) is 9.80 Å². The average Bonchev–Trinajstić information content (AvgIpc) is 2.91. The van der Waals surface area contributed by atoms with Crippen molar-refractivity contribution in [2.75, 3.05) is 13.6 Å². The van der Waals surface area contributed by atoms with Gasteiger partial charge < -0.3 is 4.90 Å². The molecule has 3 rings (SSSR count). The molecule has 0 N–H and O–H groups in total. The highest BCUT2D eigenvalue weighted by molar-refractivity contribution is 6.24. The number of hydrogen-bond donors (Lipinski definition) is 0. The van der Waals surface area contributed by atoms with Crippen molar-refractivity contribution in [1.29, 1.82) is 0 Å². The molecule has 0 spiro atoms. The van der Waals surface area contributed by atoms with Gasteiger partial charge in [-0.05, 0) is 11.6 Å². The summed E-state index contributed by atoms with van der Waals surface area (Å²) in [5.41, 5.74) is 1.32. The average molecular weight is 267 g/mol. The van der Waals surface area contributed by atoms with Gasteiger partial charge in [-0.1, -0.05) is 42.5 Å². The van der Waals surface area contributed by atoms with Crippen LogP contribution in [0.15, 0.2) is 53.2 Å². The number of amides is 2. The number of benzene rings is 1. The van der Waals surface area contributed by atoms with Gasteiger partial charge in [-0.15, -0.1) is 0 Å². The number of rotatable bonds is 2. The largest absolute Gasteiger partial charge is 0.335 e. The van der Waals surface area contributed by atoms with Crippen LogP contribution in [0.1, 0.15) is 5.56 Å². The summed E-state index contributed by atoms with van der Waals surface area (Å²) in [6.45, 7) is 0.206. The third-order valence-electron chi connectivity index (χ3n) is 3.15. The standard InChI is InChI=1S/C15H13N3O2/c1-17-10-13(19)18-14(20)12(16-15(17)18)9-5-8-11-6-3-2-4-7-11/h2-9H,10H2,1H3/b8-5+,12-9+. The highest BCUT2D eigenvalue weighted by Gasteiger charge is 2.42. The Morgan fingerprint density at radius 2 is 1.95 bits per heavy atom. The molecule has 0 radical (unpaired) electrons. The molecule has 0 aliphatic carbocycles. The second-order valence-corrected chi connectivity index (χ2v) is 4.62. The number of hydrogen-bond acceptors (Lipinski definition) is 4. The Balaban J connectivity index is 1.82. The molecule has 0 atom stereocenters. The maximum absolute atomic E-state index is 12.0. The SMILES string of the molecule is CN1CC(=O)N2C(=O)/C(=C\C=C\c3ccccc3)N=C12. The zero-order valence-electron chi connectivity index (χ0n) is 11.0. The van der Waals surface area contributed by atoms with Gasteiger partial charge in [0.1, 0.15) is 12.2 Å². The Hall–Kier alpha value is -2.69. The molecule has 20 heavy (non-hydrogen) atoms. The van der Waals surface area contributed by atoms with Gasteiger partial charge in [0.05, 0.1) is 0 Å². The van der Waals surface area contributed by atoms with E-state index in [0.717, 1.165) is 10.5 Å². The molecule has 0 saturated carbocycles. The van der Waals surface area contributed by atoms with Gasteiger partial charge in [0.2, 0.25) is 5.96 Å². The first kappa shape index (κ1) is 12.3. The molecule has 0 aromatic heterocycles. The van der Waals surface area contributed by atoms with E-state index in [1.807, 2.05) is 36.4 Å². The van der Waals surface area contributed by atoms with Gasteiger partial charge in [0.25, 0.3) is 11.8 Å². The smallest absolute Gasteiger partial charge is 0.286 e. The van der Waals surface area contributed by atoms with Crippen molar-refractivity contribution in [3.8, 4) is 0 Å². The van der Waals surface area contributed by atoms with Gasteiger partial charge in [-0.25, -0.2) is 9.89 Å². The van der Waals surface area contributed by atoms with Crippen LogP contribution < -0.4 is 0 Å². The number of carbonyl (C=O) groups excluding carboxylic acids is 2. The Morgan fingerprint density at radius 1 is 1.20 bits per heavy atom. The fraction of sp³-hybridized carbons (Fsp3) is 0.133. The van der Waals surface area contributed by atoms with E-state index < -0.39 is 0 Å². The number of likely N-dealkylation sites (N-methyl/N-ethyl adjacent to an activating group) is 1. The molecule has 1 saturated heterocycles. The first-order chi connectivity index (χ1) is 9.66. The molecule has 2 aliphatic heterocycles. The fourth-order valence-corrected chi connectivity index (χ4v) is 2.16. The van der Waals surface area contributed by atoms with Crippen LogP contribution in [0.3, 0.4) is 0 Å². The molecule has 1 fully saturated rings. The molecule has 1 aromatic carbocycles. The maximum atomic E-state index is 12.0. The first-order valence-electron chi connectivity index (χ1n) is 6.27. The van der Waals surface area contributed by atoms with Crippen LogP contribution in [0.2, 0.25) is 0 Å². The van der Waals surface area contributed by atoms with Gasteiger partial charge in [0.15, 0.2) is 0 Å². The molecule has 0 unspecified atom stereocenters. The van der Waals surface area contributed by atoms with Crippen LogP contribution in [0, 0.1) is 0 Å². The lowest BCUT2D eigenvalue weighted by Gasteiger charge is -2.07. The third kappa shape index (κ3) is 2.03. The number of fused-ring (bicyclic) bond motifs is 1. The zero-order chi connectivity index (χ0) is 14.1. The quantitative estimate of drug-likeness (QED) is 0.598. The van der Waals surface area contributed by atoms with E-state index in [-0.39, 0.29) is 24.1 Å². The van der Waals surface area contributed by atoms with Crippen molar-refractivity contribution in [3.05, 3.63) is 53.7 Å². The summed E-state index contributed by atoms with van der Waals surface area (Å²) in [5, 5.41) is 0. The Labute approximate surface area is 116 Å². The molecule has 2 amide bonds. The van der Waals surface area contributed by atoms with E-state index in [1.54, 1.807) is 24.1 Å². The summed E-state index contributed by atoms with van der Waals surface area (Å²) in [6.07, 6.45) is 5.27. The van der Waals surface area contributed by atoms with E-state index in [0.29, 0.717) is 5.96 Å². The molecule has 5 nitrogen and oxygen atoms in total. The minimum atomic E-state index is -0.355. The highest BCUT2D eigenvalue weighted by Crippen LogP contribution is 2.21. The van der Waals surface area contributed by atoms with E-state index >= 15 is 0 Å².